The fourth-order valence-corrected chi connectivity index (χ4v) is 3.47. The van der Waals surface area contributed by atoms with E-state index >= 15 is 0 Å². The molecule has 2 aromatic heterocycles. The Labute approximate surface area is 151 Å². The fraction of sp³-hybridized carbons (Fsp3) is 0.471. The van der Waals surface area contributed by atoms with Crippen molar-refractivity contribution in [1.29, 1.82) is 0 Å². The minimum Gasteiger partial charge on any atom is -0.378 e. The highest BCUT2D eigenvalue weighted by Crippen LogP contribution is 2.21. The average molecular weight is 361 g/mol. The lowest BCUT2D eigenvalue weighted by Crippen LogP contribution is -2.36. The zero-order chi connectivity index (χ0) is 17.5. The van der Waals surface area contributed by atoms with Crippen LogP contribution in [-0.2, 0) is 22.6 Å². The maximum Gasteiger partial charge on any atom is 0.234 e. The van der Waals surface area contributed by atoms with Gasteiger partial charge in [-0.25, -0.2) is 4.98 Å². The van der Waals surface area contributed by atoms with E-state index in [0.717, 1.165) is 42.8 Å². The second-order valence-electron chi connectivity index (χ2n) is 5.99. The second-order valence-corrected chi connectivity index (χ2v) is 6.83. The van der Waals surface area contributed by atoms with Crippen molar-refractivity contribution in [2.75, 3.05) is 44.8 Å². The monoisotopic (exact) mass is 361 g/mol. The minimum absolute atomic E-state index is 0.0145. The molecule has 3 heterocycles. The summed E-state index contributed by atoms with van der Waals surface area (Å²) in [6, 6.07) is 5.79. The van der Waals surface area contributed by atoms with E-state index in [4.69, 9.17) is 4.74 Å². The van der Waals surface area contributed by atoms with Crippen molar-refractivity contribution in [3.8, 4) is 0 Å². The Morgan fingerprint density at radius 2 is 2.20 bits per heavy atom. The lowest BCUT2D eigenvalue weighted by Gasteiger charge is -2.26. The number of nitrogens with one attached hydrogen (secondary N) is 1. The number of amides is 1. The molecular weight excluding hydrogens is 338 g/mol. The van der Waals surface area contributed by atoms with Crippen molar-refractivity contribution < 1.29 is 9.53 Å². The molecule has 134 valence electrons. The molecule has 7 nitrogen and oxygen atoms in total. The van der Waals surface area contributed by atoms with Crippen LogP contribution in [-0.4, -0.2) is 60.7 Å². The number of pyridine rings is 1. The van der Waals surface area contributed by atoms with Gasteiger partial charge in [0.15, 0.2) is 5.13 Å². The number of carbonyl (C=O) groups excluding carboxylic acids is 1. The molecule has 0 aliphatic carbocycles. The van der Waals surface area contributed by atoms with E-state index in [-0.39, 0.29) is 5.91 Å². The Bertz CT molecular complexity index is 673. The first-order chi connectivity index (χ1) is 12.2. The topological polar surface area (TPSA) is 70.6 Å². The van der Waals surface area contributed by atoms with Crippen LogP contribution in [0.25, 0.3) is 0 Å². The Balaban J connectivity index is 1.42. The summed E-state index contributed by atoms with van der Waals surface area (Å²) in [5.41, 5.74) is 1.85. The highest BCUT2D eigenvalue weighted by Gasteiger charge is 2.15. The zero-order valence-electron chi connectivity index (χ0n) is 14.4. The van der Waals surface area contributed by atoms with Gasteiger partial charge in [0.25, 0.3) is 0 Å². The van der Waals surface area contributed by atoms with E-state index in [2.05, 4.69) is 20.2 Å². The van der Waals surface area contributed by atoms with Crippen LogP contribution in [0.2, 0.25) is 0 Å². The summed E-state index contributed by atoms with van der Waals surface area (Å²) in [5.74, 6) is -0.0145. The molecular formula is C17H23N5O2S. The second kappa shape index (κ2) is 8.89. The molecule has 2 aromatic rings. The van der Waals surface area contributed by atoms with Crippen LogP contribution in [0.5, 0.6) is 0 Å². The molecule has 0 saturated carbocycles. The van der Waals surface area contributed by atoms with Gasteiger partial charge in [-0.2, -0.15) is 0 Å². The van der Waals surface area contributed by atoms with Crippen LogP contribution < -0.4 is 10.2 Å². The average Bonchev–Trinajstić information content (AvgIpc) is 3.10. The number of rotatable bonds is 7. The molecule has 0 radical (unpaired) electrons. The summed E-state index contributed by atoms with van der Waals surface area (Å²) >= 11 is 1.61. The number of ether oxygens (including phenoxy) is 1. The minimum atomic E-state index is -0.0145. The van der Waals surface area contributed by atoms with E-state index < -0.39 is 0 Å². The van der Waals surface area contributed by atoms with Crippen molar-refractivity contribution in [1.82, 2.24) is 20.2 Å². The molecule has 1 N–H and O–H groups in total. The molecule has 3 rings (SSSR count). The summed E-state index contributed by atoms with van der Waals surface area (Å²) in [5, 5.41) is 5.93. The van der Waals surface area contributed by atoms with Gasteiger partial charge in [-0.05, 0) is 19.2 Å². The van der Waals surface area contributed by atoms with Gasteiger partial charge in [-0.1, -0.05) is 6.07 Å². The smallest absolute Gasteiger partial charge is 0.234 e. The summed E-state index contributed by atoms with van der Waals surface area (Å²) < 4.78 is 5.36. The normalized spacial score (nSPS) is 14.7. The van der Waals surface area contributed by atoms with E-state index in [1.165, 1.54) is 0 Å². The summed E-state index contributed by atoms with van der Waals surface area (Å²) in [7, 11) is 1.91. The van der Waals surface area contributed by atoms with Crippen molar-refractivity contribution in [3.05, 3.63) is 41.2 Å². The highest BCUT2D eigenvalue weighted by atomic mass is 32.1. The third-order valence-electron chi connectivity index (χ3n) is 3.86. The molecule has 8 heteroatoms. The molecule has 0 unspecified atom stereocenters. The van der Waals surface area contributed by atoms with E-state index in [1.807, 2.05) is 35.5 Å². The van der Waals surface area contributed by atoms with E-state index in [9.17, 15) is 4.79 Å². The Morgan fingerprint density at radius 1 is 1.36 bits per heavy atom. The highest BCUT2D eigenvalue weighted by molar-refractivity contribution is 7.13. The third-order valence-corrected chi connectivity index (χ3v) is 4.81. The van der Waals surface area contributed by atoms with E-state index in [1.54, 1.807) is 17.5 Å². The fourth-order valence-electron chi connectivity index (χ4n) is 2.59. The molecule has 0 aromatic carbocycles. The Morgan fingerprint density at radius 3 is 2.96 bits per heavy atom. The standard InChI is InChI=1S/C17H23N5O2S/c1-21(11-14-4-2-3-5-18-14)12-16(23)19-10-15-13-25-17(20-15)22-6-8-24-9-7-22/h2-5,13H,6-12H2,1H3,(H,19,23). The number of likely N-dealkylation sites (N-methyl/N-ethyl adjacent to an activating group) is 1. The maximum absolute atomic E-state index is 12.1. The number of nitrogens with zero attached hydrogens (tertiary/aromatic N) is 4. The van der Waals surface area contributed by atoms with Crippen LogP contribution >= 0.6 is 11.3 Å². The quantitative estimate of drug-likeness (QED) is 0.797. The third kappa shape index (κ3) is 5.48. The lowest BCUT2D eigenvalue weighted by molar-refractivity contribution is -0.122. The number of carbonyl (C=O) groups is 1. The van der Waals surface area contributed by atoms with Gasteiger partial charge in [0.05, 0.1) is 37.7 Å². The lowest BCUT2D eigenvalue weighted by atomic mass is 10.3. The van der Waals surface area contributed by atoms with Crippen molar-refractivity contribution in [2.45, 2.75) is 13.1 Å². The molecule has 25 heavy (non-hydrogen) atoms. The first kappa shape index (κ1) is 17.8. The number of thiazole rings is 1. The molecule has 1 aliphatic rings. The van der Waals surface area contributed by atoms with Gasteiger partial charge in [-0.15, -0.1) is 11.3 Å². The number of anilines is 1. The van der Waals surface area contributed by atoms with Crippen LogP contribution in [0.15, 0.2) is 29.8 Å². The van der Waals surface area contributed by atoms with Gasteiger partial charge in [0, 0.05) is 31.2 Å². The summed E-state index contributed by atoms with van der Waals surface area (Å²) in [6.07, 6.45) is 1.76. The molecule has 1 aliphatic heterocycles. The Kier molecular flexibility index (Phi) is 6.32. The molecule has 0 spiro atoms. The number of hydrogen-bond donors (Lipinski definition) is 1. The number of hydrogen-bond acceptors (Lipinski definition) is 7. The molecule has 0 atom stereocenters. The SMILES string of the molecule is CN(CC(=O)NCc1csc(N2CCOCC2)n1)Cc1ccccn1. The largest absolute Gasteiger partial charge is 0.378 e. The van der Waals surface area contributed by atoms with Gasteiger partial charge in [-0.3, -0.25) is 14.7 Å². The number of aromatic nitrogens is 2. The molecule has 1 amide bonds. The van der Waals surface area contributed by atoms with E-state index in [0.29, 0.717) is 19.6 Å². The Hall–Kier alpha value is -2.03. The van der Waals surface area contributed by atoms with Gasteiger partial charge in [0.2, 0.25) is 5.91 Å². The van der Waals surface area contributed by atoms with Crippen molar-refractivity contribution >= 4 is 22.4 Å². The molecule has 1 fully saturated rings. The van der Waals surface area contributed by atoms with Crippen LogP contribution in [0.4, 0.5) is 5.13 Å². The van der Waals surface area contributed by atoms with Gasteiger partial charge < -0.3 is 15.0 Å². The maximum atomic E-state index is 12.1. The summed E-state index contributed by atoms with van der Waals surface area (Å²) in [4.78, 5) is 25.1. The molecule has 1 saturated heterocycles. The predicted molar refractivity (Wildman–Crippen MR) is 97.6 cm³/mol. The molecule has 0 bridgehead atoms. The number of morpholine rings is 1. The van der Waals surface area contributed by atoms with Gasteiger partial charge in [0.1, 0.15) is 0 Å². The van der Waals surface area contributed by atoms with Crippen molar-refractivity contribution in [3.63, 3.8) is 0 Å². The van der Waals surface area contributed by atoms with Gasteiger partial charge >= 0.3 is 0 Å². The van der Waals surface area contributed by atoms with Crippen LogP contribution in [0, 0.1) is 0 Å². The first-order valence-electron chi connectivity index (χ1n) is 8.33. The van der Waals surface area contributed by atoms with Crippen LogP contribution in [0.1, 0.15) is 11.4 Å². The zero-order valence-corrected chi connectivity index (χ0v) is 15.2. The predicted octanol–water partition coefficient (Wildman–Crippen LogP) is 1.12. The van der Waals surface area contributed by atoms with Crippen molar-refractivity contribution in [2.24, 2.45) is 0 Å². The van der Waals surface area contributed by atoms with Crippen LogP contribution in [0.3, 0.4) is 0 Å². The summed E-state index contributed by atoms with van der Waals surface area (Å²) in [6.45, 7) is 4.66. The first-order valence-corrected chi connectivity index (χ1v) is 9.21.